The highest BCUT2D eigenvalue weighted by Crippen LogP contribution is 2.18. The average Bonchev–Trinajstić information content (AvgIpc) is 2.89. The van der Waals surface area contributed by atoms with Gasteiger partial charge in [-0.15, -0.1) is 0 Å². The van der Waals surface area contributed by atoms with Crippen molar-refractivity contribution in [2.75, 3.05) is 64.2 Å². The second kappa shape index (κ2) is 19.8. The maximum absolute atomic E-state index is 12.4. The van der Waals surface area contributed by atoms with Gasteiger partial charge in [0.05, 0.1) is 32.7 Å². The van der Waals surface area contributed by atoms with E-state index >= 15 is 0 Å². The molecule has 262 valence electrons. The van der Waals surface area contributed by atoms with Gasteiger partial charge < -0.3 is 36.2 Å². The van der Waals surface area contributed by atoms with Crippen LogP contribution in [-0.4, -0.2) is 147 Å². The normalized spacial score (nSPS) is 12.1. The van der Waals surface area contributed by atoms with Crippen LogP contribution in [0.3, 0.4) is 0 Å². The fourth-order valence-corrected chi connectivity index (χ4v) is 4.65. The Morgan fingerprint density at radius 3 is 1.62 bits per heavy atom. The summed E-state index contributed by atoms with van der Waals surface area (Å²) in [5, 5.41) is 52.1. The number of carbonyl (C=O) groups is 7. The lowest BCUT2D eigenvalue weighted by molar-refractivity contribution is -0.144. The lowest BCUT2D eigenvalue weighted by atomic mass is 9.92. The van der Waals surface area contributed by atoms with Crippen LogP contribution in [0.25, 0.3) is 0 Å². The maximum Gasteiger partial charge on any atom is 0.317 e. The van der Waals surface area contributed by atoms with Crippen molar-refractivity contribution in [3.05, 3.63) is 29.8 Å². The molecule has 0 unspecified atom stereocenters. The van der Waals surface area contributed by atoms with Gasteiger partial charge in [0.15, 0.2) is 0 Å². The summed E-state index contributed by atoms with van der Waals surface area (Å²) in [7, 11) is 0. The van der Waals surface area contributed by atoms with Crippen molar-refractivity contribution in [3.8, 4) is 0 Å². The highest BCUT2D eigenvalue weighted by molar-refractivity contribution is 5.91. The van der Waals surface area contributed by atoms with Crippen LogP contribution in [0.15, 0.2) is 24.3 Å². The van der Waals surface area contributed by atoms with E-state index < -0.39 is 68.6 Å². The van der Waals surface area contributed by atoms with Crippen molar-refractivity contribution in [2.24, 2.45) is 5.41 Å². The third-order valence-corrected chi connectivity index (χ3v) is 6.55. The molecular formula is C30H45N5O12. The fourth-order valence-electron chi connectivity index (χ4n) is 4.65. The van der Waals surface area contributed by atoms with E-state index in [1.54, 1.807) is 24.3 Å². The Morgan fingerprint density at radius 1 is 0.681 bits per heavy atom. The minimum absolute atomic E-state index is 0.0365. The van der Waals surface area contributed by atoms with Gasteiger partial charge in [-0.05, 0) is 29.5 Å². The predicted molar refractivity (Wildman–Crippen MR) is 167 cm³/mol. The van der Waals surface area contributed by atoms with Crippen molar-refractivity contribution < 1.29 is 59.1 Å². The van der Waals surface area contributed by atoms with Gasteiger partial charge in [0.1, 0.15) is 0 Å². The zero-order valence-corrected chi connectivity index (χ0v) is 26.8. The van der Waals surface area contributed by atoms with Gasteiger partial charge >= 0.3 is 29.8 Å². The number of nitrogens with zero attached hydrogens (tertiary/aromatic N) is 3. The Morgan fingerprint density at radius 2 is 1.15 bits per heavy atom. The molecule has 47 heavy (non-hydrogen) atoms. The number of benzene rings is 1. The lowest BCUT2D eigenvalue weighted by Crippen LogP contribution is -2.51. The molecule has 0 saturated heterocycles. The van der Waals surface area contributed by atoms with Crippen molar-refractivity contribution >= 4 is 47.3 Å². The van der Waals surface area contributed by atoms with E-state index in [9.17, 15) is 48.9 Å². The van der Waals surface area contributed by atoms with Crippen LogP contribution in [0.4, 0.5) is 5.69 Å². The monoisotopic (exact) mass is 667 g/mol. The van der Waals surface area contributed by atoms with Gasteiger partial charge in [-0.1, -0.05) is 32.9 Å². The number of aliphatic carboxylic acids is 5. The van der Waals surface area contributed by atoms with Crippen LogP contribution in [-0.2, 0) is 40.0 Å². The summed E-state index contributed by atoms with van der Waals surface area (Å²) in [4.78, 5) is 85.2. The highest BCUT2D eigenvalue weighted by atomic mass is 16.4. The molecule has 0 spiro atoms. The fraction of sp³-hybridized carbons (Fsp3) is 0.567. The van der Waals surface area contributed by atoms with E-state index in [-0.39, 0.29) is 56.3 Å². The van der Waals surface area contributed by atoms with Crippen LogP contribution in [0.5, 0.6) is 0 Å². The first-order valence-electron chi connectivity index (χ1n) is 14.8. The van der Waals surface area contributed by atoms with Gasteiger partial charge in [0, 0.05) is 50.7 Å². The Kier molecular flexibility index (Phi) is 17.0. The van der Waals surface area contributed by atoms with E-state index in [4.69, 9.17) is 10.2 Å². The first kappa shape index (κ1) is 40.4. The molecule has 7 N–H and O–H groups in total. The largest absolute Gasteiger partial charge is 0.480 e. The van der Waals surface area contributed by atoms with Crippen LogP contribution in [0, 0.1) is 5.41 Å². The summed E-state index contributed by atoms with van der Waals surface area (Å²) >= 11 is 0. The molecule has 0 aliphatic carbocycles. The third kappa shape index (κ3) is 19.5. The number of rotatable bonds is 23. The van der Waals surface area contributed by atoms with Gasteiger partial charge in [-0.2, -0.15) is 0 Å². The topological polar surface area (TPSA) is 254 Å². The molecule has 0 bridgehead atoms. The van der Waals surface area contributed by atoms with E-state index in [2.05, 4.69) is 10.6 Å². The number of carboxylic acids is 5. The number of nitrogens with one attached hydrogen (secondary N) is 2. The minimum atomic E-state index is -1.32. The summed E-state index contributed by atoms with van der Waals surface area (Å²) in [6.07, 6.45) is 0.420. The number of amides is 2. The molecule has 0 fully saturated rings. The second-order valence-corrected chi connectivity index (χ2v) is 12.3. The number of hydrogen-bond acceptors (Lipinski definition) is 10. The molecule has 1 aromatic carbocycles. The quantitative estimate of drug-likeness (QED) is 0.0798. The van der Waals surface area contributed by atoms with Crippen molar-refractivity contribution in [2.45, 2.75) is 46.1 Å². The van der Waals surface area contributed by atoms with E-state index in [1.807, 2.05) is 20.8 Å². The molecule has 17 heteroatoms. The number of anilines is 1. The van der Waals surface area contributed by atoms with Crippen molar-refractivity contribution in [1.29, 1.82) is 0 Å². The van der Waals surface area contributed by atoms with Gasteiger partial charge in [0.2, 0.25) is 11.8 Å². The summed E-state index contributed by atoms with van der Waals surface area (Å²) in [6.45, 7) is 2.36. The summed E-state index contributed by atoms with van der Waals surface area (Å²) < 4.78 is 0. The van der Waals surface area contributed by atoms with E-state index in [0.717, 1.165) is 9.80 Å². The summed E-state index contributed by atoms with van der Waals surface area (Å²) in [5.74, 6) is -6.97. The molecule has 0 heterocycles. The Hall–Kier alpha value is -4.61. The van der Waals surface area contributed by atoms with E-state index in [0.29, 0.717) is 17.7 Å². The van der Waals surface area contributed by atoms with Crippen molar-refractivity contribution in [1.82, 2.24) is 20.0 Å². The van der Waals surface area contributed by atoms with Crippen LogP contribution in [0.1, 0.15) is 39.2 Å². The molecule has 1 rings (SSSR count). The molecule has 0 aromatic heterocycles. The third-order valence-electron chi connectivity index (χ3n) is 6.55. The first-order valence-corrected chi connectivity index (χ1v) is 14.8. The molecule has 1 aromatic rings. The number of carbonyl (C=O) groups excluding carboxylic acids is 2. The molecule has 0 radical (unpaired) electrons. The van der Waals surface area contributed by atoms with Crippen LogP contribution >= 0.6 is 0 Å². The highest BCUT2D eigenvalue weighted by Gasteiger charge is 2.27. The smallest absolute Gasteiger partial charge is 0.317 e. The minimum Gasteiger partial charge on any atom is -0.480 e. The first-order chi connectivity index (χ1) is 21.8. The molecular weight excluding hydrogens is 622 g/mol. The molecule has 0 aliphatic heterocycles. The van der Waals surface area contributed by atoms with E-state index in [1.165, 1.54) is 4.90 Å². The second-order valence-electron chi connectivity index (χ2n) is 12.3. The Bertz CT molecular complexity index is 1220. The Balaban J connectivity index is 3.10. The van der Waals surface area contributed by atoms with Gasteiger partial charge in [-0.3, -0.25) is 48.3 Å². The molecule has 0 saturated carbocycles. The average molecular weight is 668 g/mol. The summed E-state index contributed by atoms with van der Waals surface area (Å²) in [5.41, 5.74) is 0.857. The predicted octanol–water partition coefficient (Wildman–Crippen LogP) is -0.192. The lowest BCUT2D eigenvalue weighted by Gasteiger charge is -2.34. The molecule has 0 aliphatic rings. The van der Waals surface area contributed by atoms with Crippen LogP contribution in [0.2, 0.25) is 0 Å². The molecule has 17 nitrogen and oxygen atoms in total. The SMILES string of the molecule is CC(C)(C)CC(=O)NCCC(=O)Nc1ccc(C[C@H](CN(CCN(CC(=O)O)CC(=O)O)CC(=O)O)N(CC(=O)O)CC(=O)O)cc1. The number of carboxylic acid groups (broad SMARTS) is 5. The van der Waals surface area contributed by atoms with Gasteiger partial charge in [-0.25, -0.2) is 0 Å². The molecule has 1 atom stereocenters. The van der Waals surface area contributed by atoms with Gasteiger partial charge in [0.25, 0.3) is 0 Å². The van der Waals surface area contributed by atoms with Crippen LogP contribution < -0.4 is 10.6 Å². The zero-order chi connectivity index (χ0) is 35.7. The number of hydrogen-bond donors (Lipinski definition) is 7. The summed E-state index contributed by atoms with van der Waals surface area (Å²) in [6, 6.07) is 5.59. The molecule has 2 amide bonds. The Labute approximate surface area is 272 Å². The van der Waals surface area contributed by atoms with Crippen molar-refractivity contribution in [3.63, 3.8) is 0 Å². The standard InChI is InChI=1S/C30H45N5O12/c1-30(2,3)13-24(37)31-9-8-23(36)32-21-6-4-20(5-7-21)12-22(35(18-28(44)45)19-29(46)47)14-33(15-25(38)39)10-11-34(16-26(40)41)17-27(42)43/h4-7,22H,8-19H2,1-3H3,(H,31,37)(H,32,36)(H,38,39)(H,40,41)(H,42,43)(H,44,45)(H,46,47)/t22-/m1/s1. The maximum atomic E-state index is 12.4. The zero-order valence-electron chi connectivity index (χ0n) is 26.8.